The van der Waals surface area contributed by atoms with Gasteiger partial charge in [0.2, 0.25) is 11.8 Å². The molecule has 1 aliphatic rings. The van der Waals surface area contributed by atoms with E-state index in [1.165, 1.54) is 19.2 Å². The highest BCUT2D eigenvalue weighted by atomic mass is 16.5. The molecule has 0 bridgehead atoms. The molecule has 0 fully saturated rings. The van der Waals surface area contributed by atoms with Gasteiger partial charge >= 0.3 is 5.97 Å². The highest BCUT2D eigenvalue weighted by Crippen LogP contribution is 2.27. The van der Waals surface area contributed by atoms with Crippen LogP contribution in [0.3, 0.4) is 0 Å². The Morgan fingerprint density at radius 2 is 1.66 bits per heavy atom. The molecule has 1 aliphatic heterocycles. The quantitative estimate of drug-likeness (QED) is 0.338. The van der Waals surface area contributed by atoms with Crippen LogP contribution in [0.15, 0.2) is 72.8 Å². The van der Waals surface area contributed by atoms with Crippen molar-refractivity contribution in [1.82, 2.24) is 0 Å². The van der Waals surface area contributed by atoms with Gasteiger partial charge in [0.05, 0.1) is 30.5 Å². The van der Waals surface area contributed by atoms with E-state index in [4.69, 9.17) is 9.47 Å². The van der Waals surface area contributed by atoms with Gasteiger partial charge in [0.15, 0.2) is 12.4 Å². The van der Waals surface area contributed by atoms with Crippen LogP contribution in [0.25, 0.3) is 0 Å². The Bertz CT molecular complexity index is 1270. The molecule has 1 heterocycles. The maximum atomic E-state index is 12.4. The number of amides is 2. The average Bonchev–Trinajstić information content (AvgIpc) is 2.88. The Kier molecular flexibility index (Phi) is 7.06. The summed E-state index contributed by atoms with van der Waals surface area (Å²) in [5.41, 5.74) is 2.47. The van der Waals surface area contributed by atoms with Crippen molar-refractivity contribution in [3.05, 3.63) is 83.9 Å². The van der Waals surface area contributed by atoms with Crippen LogP contribution in [-0.4, -0.2) is 43.3 Å². The van der Waals surface area contributed by atoms with Gasteiger partial charge in [-0.05, 0) is 48.5 Å². The lowest BCUT2D eigenvalue weighted by atomic mass is 10.1. The van der Waals surface area contributed by atoms with Crippen molar-refractivity contribution in [2.24, 2.45) is 0 Å². The number of ketones is 1. The van der Waals surface area contributed by atoms with Crippen molar-refractivity contribution in [3.63, 3.8) is 0 Å². The van der Waals surface area contributed by atoms with Crippen LogP contribution < -0.4 is 20.7 Å². The summed E-state index contributed by atoms with van der Waals surface area (Å²) in [6.45, 7) is -0.413. The standard InChI is InChI=1S/C26H23N3O6/c1-34-19-6-4-5-17(13-19)23(30)15-35-26(33)16-9-11-18(12-10-16)27-24(31)14-22-25(32)29-21-8-3-2-7-20(21)28-22/h2-13,22,28H,14-15H2,1H3,(H,27,31)(H,29,32). The second-order valence-corrected chi connectivity index (χ2v) is 7.79. The molecule has 0 saturated carbocycles. The molecule has 3 aromatic rings. The van der Waals surface area contributed by atoms with E-state index in [0.29, 0.717) is 22.7 Å². The molecule has 1 atom stereocenters. The number of ether oxygens (including phenoxy) is 2. The van der Waals surface area contributed by atoms with E-state index in [0.717, 1.165) is 5.69 Å². The third-order valence-electron chi connectivity index (χ3n) is 5.35. The molecule has 178 valence electrons. The zero-order chi connectivity index (χ0) is 24.8. The van der Waals surface area contributed by atoms with Gasteiger partial charge in [-0.2, -0.15) is 0 Å². The third-order valence-corrected chi connectivity index (χ3v) is 5.35. The van der Waals surface area contributed by atoms with Gasteiger partial charge in [0.25, 0.3) is 0 Å². The summed E-state index contributed by atoms with van der Waals surface area (Å²) >= 11 is 0. The first-order valence-corrected chi connectivity index (χ1v) is 10.8. The first-order valence-electron chi connectivity index (χ1n) is 10.8. The van der Waals surface area contributed by atoms with Crippen LogP contribution in [0.4, 0.5) is 17.1 Å². The highest BCUT2D eigenvalue weighted by Gasteiger charge is 2.27. The van der Waals surface area contributed by atoms with E-state index in [1.54, 1.807) is 42.5 Å². The molecule has 35 heavy (non-hydrogen) atoms. The number of methoxy groups -OCH3 is 1. The molecule has 0 saturated heterocycles. The van der Waals surface area contributed by atoms with E-state index < -0.39 is 18.6 Å². The molecule has 9 heteroatoms. The van der Waals surface area contributed by atoms with Crippen molar-refractivity contribution in [2.45, 2.75) is 12.5 Å². The lowest BCUT2D eigenvalue weighted by Crippen LogP contribution is -2.41. The summed E-state index contributed by atoms with van der Waals surface area (Å²) in [5, 5.41) is 8.54. The topological polar surface area (TPSA) is 123 Å². The summed E-state index contributed by atoms with van der Waals surface area (Å²) < 4.78 is 10.2. The minimum absolute atomic E-state index is 0.0731. The molecule has 3 N–H and O–H groups in total. The van der Waals surface area contributed by atoms with Gasteiger partial charge in [-0.1, -0.05) is 24.3 Å². The smallest absolute Gasteiger partial charge is 0.338 e. The lowest BCUT2D eigenvalue weighted by Gasteiger charge is -2.26. The largest absolute Gasteiger partial charge is 0.497 e. The zero-order valence-electron chi connectivity index (χ0n) is 18.9. The van der Waals surface area contributed by atoms with Gasteiger partial charge < -0.3 is 25.4 Å². The number of Topliss-reactive ketones (excluding diaryl/α,β-unsaturated/α-hetero) is 1. The van der Waals surface area contributed by atoms with Crippen molar-refractivity contribution in [3.8, 4) is 5.75 Å². The van der Waals surface area contributed by atoms with Crippen molar-refractivity contribution in [1.29, 1.82) is 0 Å². The molecule has 2 amide bonds. The van der Waals surface area contributed by atoms with E-state index in [-0.39, 0.29) is 29.6 Å². The summed E-state index contributed by atoms with van der Waals surface area (Å²) in [5.74, 6) is -1.15. The minimum Gasteiger partial charge on any atom is -0.497 e. The van der Waals surface area contributed by atoms with E-state index in [2.05, 4.69) is 16.0 Å². The number of para-hydroxylation sites is 2. The molecular formula is C26H23N3O6. The van der Waals surface area contributed by atoms with Crippen molar-refractivity contribution < 1.29 is 28.7 Å². The fourth-order valence-corrected chi connectivity index (χ4v) is 3.52. The summed E-state index contributed by atoms with van der Waals surface area (Å²) in [6.07, 6.45) is -0.0731. The second-order valence-electron chi connectivity index (χ2n) is 7.79. The highest BCUT2D eigenvalue weighted by molar-refractivity contribution is 6.06. The van der Waals surface area contributed by atoms with Gasteiger partial charge in [0.1, 0.15) is 11.8 Å². The molecule has 0 spiro atoms. The van der Waals surface area contributed by atoms with E-state index in [1.807, 2.05) is 18.2 Å². The Morgan fingerprint density at radius 1 is 0.914 bits per heavy atom. The lowest BCUT2D eigenvalue weighted by molar-refractivity contribution is -0.122. The first-order chi connectivity index (χ1) is 16.9. The minimum atomic E-state index is -0.707. The Labute approximate surface area is 201 Å². The molecular weight excluding hydrogens is 450 g/mol. The summed E-state index contributed by atoms with van der Waals surface area (Å²) in [6, 6.07) is 19.2. The van der Waals surface area contributed by atoms with Crippen molar-refractivity contribution in [2.75, 3.05) is 29.7 Å². The number of carbonyl (C=O) groups excluding carboxylic acids is 4. The molecule has 9 nitrogen and oxygen atoms in total. The van der Waals surface area contributed by atoms with Crippen LogP contribution >= 0.6 is 0 Å². The van der Waals surface area contributed by atoms with Crippen LogP contribution in [-0.2, 0) is 14.3 Å². The number of esters is 1. The maximum absolute atomic E-state index is 12.4. The maximum Gasteiger partial charge on any atom is 0.338 e. The number of carbonyl (C=O) groups is 4. The van der Waals surface area contributed by atoms with E-state index >= 15 is 0 Å². The van der Waals surface area contributed by atoms with Gasteiger partial charge in [-0.15, -0.1) is 0 Å². The number of hydrogen-bond acceptors (Lipinski definition) is 7. The molecule has 1 unspecified atom stereocenters. The number of anilines is 3. The van der Waals surface area contributed by atoms with Crippen LogP contribution in [0.5, 0.6) is 5.75 Å². The number of nitrogens with one attached hydrogen (secondary N) is 3. The van der Waals surface area contributed by atoms with Gasteiger partial charge in [0, 0.05) is 11.3 Å². The number of benzene rings is 3. The van der Waals surface area contributed by atoms with Gasteiger partial charge in [-0.3, -0.25) is 14.4 Å². The number of rotatable bonds is 8. The van der Waals surface area contributed by atoms with Crippen LogP contribution in [0.2, 0.25) is 0 Å². The third kappa shape index (κ3) is 5.83. The number of fused-ring (bicyclic) bond motifs is 1. The van der Waals surface area contributed by atoms with Gasteiger partial charge in [-0.25, -0.2) is 4.79 Å². The SMILES string of the molecule is COc1cccc(C(=O)COC(=O)c2ccc(NC(=O)CC3Nc4ccccc4NC3=O)cc2)c1. The fraction of sp³-hybridized carbons (Fsp3) is 0.154. The average molecular weight is 473 g/mol. The van der Waals surface area contributed by atoms with E-state index in [9.17, 15) is 19.2 Å². The van der Waals surface area contributed by atoms with Crippen LogP contribution in [0, 0.1) is 0 Å². The fourth-order valence-electron chi connectivity index (χ4n) is 3.52. The molecule has 0 aromatic heterocycles. The molecule has 0 aliphatic carbocycles. The first kappa shape index (κ1) is 23.5. The Morgan fingerprint density at radius 3 is 2.40 bits per heavy atom. The molecule has 0 radical (unpaired) electrons. The monoisotopic (exact) mass is 473 g/mol. The number of hydrogen-bond donors (Lipinski definition) is 3. The summed E-state index contributed by atoms with van der Waals surface area (Å²) in [4.78, 5) is 49.3. The van der Waals surface area contributed by atoms with Crippen molar-refractivity contribution >= 4 is 40.6 Å². The predicted octanol–water partition coefficient (Wildman–Crippen LogP) is 3.50. The molecule has 3 aromatic carbocycles. The normalized spacial score (nSPS) is 14.1. The molecule has 4 rings (SSSR count). The second kappa shape index (κ2) is 10.5. The predicted molar refractivity (Wildman–Crippen MR) is 130 cm³/mol. The summed E-state index contributed by atoms with van der Waals surface area (Å²) in [7, 11) is 1.50. The zero-order valence-corrected chi connectivity index (χ0v) is 18.9. The van der Waals surface area contributed by atoms with Crippen LogP contribution in [0.1, 0.15) is 27.1 Å². The Balaban J connectivity index is 1.28. The Hall–Kier alpha value is -4.66.